The molecule has 3 aromatic rings. The monoisotopic (exact) mass is 307 g/mol. The van der Waals surface area contributed by atoms with Crippen molar-refractivity contribution in [3.63, 3.8) is 0 Å². The molecule has 5 heteroatoms. The van der Waals surface area contributed by atoms with Crippen LogP contribution in [0.4, 0.5) is 0 Å². The smallest absolute Gasteiger partial charge is 0.255 e. The van der Waals surface area contributed by atoms with Gasteiger partial charge in [-0.25, -0.2) is 4.98 Å². The van der Waals surface area contributed by atoms with E-state index in [9.17, 15) is 4.79 Å². The van der Waals surface area contributed by atoms with Gasteiger partial charge in [-0.15, -0.1) is 0 Å². The standard InChI is InChI=1S/C18H17N3O2/c1-10-7-13(9-15-17(10)21-11(2)20-15)12-3-4-16-14(8-12)18(22)19-5-6-23-16/h3-4,7-9H,5-6H2,1-2H3,(H,19,22)(H,20,21). The highest BCUT2D eigenvalue weighted by Crippen LogP contribution is 2.30. The number of carbonyl (C=O) groups excluding carboxylic acids is 1. The van der Waals surface area contributed by atoms with Crippen LogP contribution in [0.1, 0.15) is 21.7 Å². The lowest BCUT2D eigenvalue weighted by molar-refractivity contribution is 0.0957. The van der Waals surface area contributed by atoms with Crippen LogP contribution in [-0.4, -0.2) is 29.0 Å². The maximum Gasteiger partial charge on any atom is 0.255 e. The Morgan fingerprint density at radius 1 is 1.13 bits per heavy atom. The quantitative estimate of drug-likeness (QED) is 0.726. The van der Waals surface area contributed by atoms with Crippen LogP contribution in [0, 0.1) is 13.8 Å². The molecule has 1 aromatic heterocycles. The lowest BCUT2D eigenvalue weighted by Crippen LogP contribution is -2.24. The molecule has 0 atom stereocenters. The van der Waals surface area contributed by atoms with E-state index in [4.69, 9.17) is 4.74 Å². The minimum Gasteiger partial charge on any atom is -0.491 e. The average molecular weight is 307 g/mol. The summed E-state index contributed by atoms with van der Waals surface area (Å²) in [5.74, 6) is 1.45. The minimum atomic E-state index is -0.0884. The molecular weight excluding hydrogens is 290 g/mol. The molecule has 1 amide bonds. The van der Waals surface area contributed by atoms with Gasteiger partial charge in [-0.2, -0.15) is 0 Å². The largest absolute Gasteiger partial charge is 0.491 e. The fourth-order valence-electron chi connectivity index (χ4n) is 3.01. The van der Waals surface area contributed by atoms with Crippen molar-refractivity contribution in [3.05, 3.63) is 47.3 Å². The average Bonchev–Trinajstić information content (AvgIpc) is 2.82. The van der Waals surface area contributed by atoms with Gasteiger partial charge in [-0.1, -0.05) is 6.07 Å². The van der Waals surface area contributed by atoms with Crippen molar-refractivity contribution in [2.24, 2.45) is 0 Å². The Morgan fingerprint density at radius 2 is 2.00 bits per heavy atom. The van der Waals surface area contributed by atoms with Crippen molar-refractivity contribution < 1.29 is 9.53 Å². The van der Waals surface area contributed by atoms with Gasteiger partial charge < -0.3 is 15.0 Å². The fraction of sp³-hybridized carbons (Fsp3) is 0.222. The van der Waals surface area contributed by atoms with E-state index in [-0.39, 0.29) is 5.91 Å². The molecule has 116 valence electrons. The molecule has 0 fully saturated rings. The highest BCUT2D eigenvalue weighted by Gasteiger charge is 2.17. The van der Waals surface area contributed by atoms with Crippen LogP contribution in [0.5, 0.6) is 5.75 Å². The van der Waals surface area contributed by atoms with Gasteiger partial charge in [0.25, 0.3) is 5.91 Å². The van der Waals surface area contributed by atoms with Crippen molar-refractivity contribution in [3.8, 4) is 16.9 Å². The van der Waals surface area contributed by atoms with E-state index in [1.165, 1.54) is 0 Å². The molecule has 0 aliphatic carbocycles. The molecular formula is C18H17N3O2. The van der Waals surface area contributed by atoms with E-state index >= 15 is 0 Å². The Balaban J connectivity index is 1.86. The number of ether oxygens (including phenoxy) is 1. The van der Waals surface area contributed by atoms with Crippen molar-refractivity contribution in [1.82, 2.24) is 15.3 Å². The van der Waals surface area contributed by atoms with Crippen molar-refractivity contribution in [2.45, 2.75) is 13.8 Å². The summed E-state index contributed by atoms with van der Waals surface area (Å²) in [5, 5.41) is 2.84. The second-order valence-electron chi connectivity index (χ2n) is 5.83. The van der Waals surface area contributed by atoms with Crippen molar-refractivity contribution in [2.75, 3.05) is 13.2 Å². The van der Waals surface area contributed by atoms with Gasteiger partial charge in [0.05, 0.1) is 23.1 Å². The van der Waals surface area contributed by atoms with Gasteiger partial charge in [0.15, 0.2) is 0 Å². The SMILES string of the molecule is Cc1nc2c(C)cc(-c3ccc4c(c3)C(=O)NCCO4)cc2[nH]1. The zero-order chi connectivity index (χ0) is 16.0. The summed E-state index contributed by atoms with van der Waals surface area (Å²) in [6, 6.07) is 9.91. The highest BCUT2D eigenvalue weighted by molar-refractivity contribution is 5.99. The number of nitrogens with zero attached hydrogens (tertiary/aromatic N) is 1. The maximum absolute atomic E-state index is 12.2. The van der Waals surface area contributed by atoms with Crippen LogP contribution in [0.2, 0.25) is 0 Å². The predicted octanol–water partition coefficient (Wildman–Crippen LogP) is 2.97. The molecule has 2 aromatic carbocycles. The van der Waals surface area contributed by atoms with Crippen molar-refractivity contribution >= 4 is 16.9 Å². The van der Waals surface area contributed by atoms with Crippen LogP contribution >= 0.6 is 0 Å². The molecule has 0 spiro atoms. The Hall–Kier alpha value is -2.82. The second kappa shape index (κ2) is 5.12. The molecule has 1 aliphatic heterocycles. The number of hydrogen-bond acceptors (Lipinski definition) is 3. The Morgan fingerprint density at radius 3 is 2.87 bits per heavy atom. The molecule has 1 aliphatic rings. The molecule has 0 radical (unpaired) electrons. The zero-order valence-electron chi connectivity index (χ0n) is 13.1. The maximum atomic E-state index is 12.2. The van der Waals surface area contributed by atoms with Crippen LogP contribution < -0.4 is 10.1 Å². The lowest BCUT2D eigenvalue weighted by atomic mass is 9.99. The molecule has 2 N–H and O–H groups in total. The number of H-pyrrole nitrogens is 1. The number of aryl methyl sites for hydroxylation is 2. The molecule has 2 heterocycles. The first-order valence-corrected chi connectivity index (χ1v) is 7.64. The normalized spacial score (nSPS) is 14.1. The number of amides is 1. The number of aromatic amines is 1. The topological polar surface area (TPSA) is 67.0 Å². The summed E-state index contributed by atoms with van der Waals surface area (Å²) < 4.78 is 5.61. The molecule has 0 bridgehead atoms. The summed E-state index contributed by atoms with van der Waals surface area (Å²) in [6.07, 6.45) is 0. The van der Waals surface area contributed by atoms with Crippen LogP contribution in [0.15, 0.2) is 30.3 Å². The fourth-order valence-corrected chi connectivity index (χ4v) is 3.01. The summed E-state index contributed by atoms with van der Waals surface area (Å²) in [6.45, 7) is 5.02. The first kappa shape index (κ1) is 13.8. The first-order valence-electron chi connectivity index (χ1n) is 7.64. The van der Waals surface area contributed by atoms with E-state index in [0.29, 0.717) is 24.5 Å². The van der Waals surface area contributed by atoms with Crippen LogP contribution in [0.25, 0.3) is 22.2 Å². The molecule has 0 saturated heterocycles. The third-order valence-corrected chi connectivity index (χ3v) is 4.10. The molecule has 0 unspecified atom stereocenters. The minimum absolute atomic E-state index is 0.0884. The molecule has 0 saturated carbocycles. The highest BCUT2D eigenvalue weighted by atomic mass is 16.5. The number of hydrogen-bond donors (Lipinski definition) is 2. The summed E-state index contributed by atoms with van der Waals surface area (Å²) in [4.78, 5) is 19.9. The summed E-state index contributed by atoms with van der Waals surface area (Å²) in [7, 11) is 0. The van der Waals surface area contributed by atoms with Crippen LogP contribution in [0.3, 0.4) is 0 Å². The number of rotatable bonds is 1. The third kappa shape index (κ3) is 2.34. The van der Waals surface area contributed by atoms with E-state index in [2.05, 4.69) is 27.4 Å². The summed E-state index contributed by atoms with van der Waals surface area (Å²) >= 11 is 0. The number of imidazole rings is 1. The molecule has 4 rings (SSSR count). The van der Waals surface area contributed by atoms with E-state index in [0.717, 1.165) is 33.5 Å². The zero-order valence-corrected chi connectivity index (χ0v) is 13.1. The number of benzene rings is 2. The van der Waals surface area contributed by atoms with Gasteiger partial charge in [0, 0.05) is 0 Å². The van der Waals surface area contributed by atoms with Crippen molar-refractivity contribution in [1.29, 1.82) is 0 Å². The van der Waals surface area contributed by atoms with E-state index in [1.807, 2.05) is 32.0 Å². The number of carbonyl (C=O) groups is 1. The van der Waals surface area contributed by atoms with Gasteiger partial charge in [-0.3, -0.25) is 4.79 Å². The Kier molecular flexibility index (Phi) is 3.08. The lowest BCUT2D eigenvalue weighted by Gasteiger charge is -2.09. The number of fused-ring (bicyclic) bond motifs is 2. The molecule has 23 heavy (non-hydrogen) atoms. The second-order valence-corrected chi connectivity index (χ2v) is 5.83. The van der Waals surface area contributed by atoms with Gasteiger partial charge in [-0.05, 0) is 54.8 Å². The Labute approximate surface area is 133 Å². The first-order chi connectivity index (χ1) is 11.1. The Bertz CT molecular complexity index is 927. The number of aromatic nitrogens is 2. The van der Waals surface area contributed by atoms with Gasteiger partial charge in [0.1, 0.15) is 18.2 Å². The van der Waals surface area contributed by atoms with Gasteiger partial charge in [0.2, 0.25) is 0 Å². The third-order valence-electron chi connectivity index (χ3n) is 4.10. The van der Waals surface area contributed by atoms with Gasteiger partial charge >= 0.3 is 0 Å². The summed E-state index contributed by atoms with van der Waals surface area (Å²) in [5.41, 5.74) is 5.73. The van der Waals surface area contributed by atoms with E-state index < -0.39 is 0 Å². The van der Waals surface area contributed by atoms with E-state index in [1.54, 1.807) is 0 Å². The number of nitrogens with one attached hydrogen (secondary N) is 2. The van der Waals surface area contributed by atoms with Crippen LogP contribution in [-0.2, 0) is 0 Å². The predicted molar refractivity (Wildman–Crippen MR) is 88.8 cm³/mol. The molecule has 5 nitrogen and oxygen atoms in total.